The molecule has 2 saturated heterocycles. The number of rotatable bonds is 5. The van der Waals surface area contributed by atoms with Crippen LogP contribution in [0.4, 0.5) is 5.69 Å². The Bertz CT molecular complexity index is 1330. The Balaban J connectivity index is 1.20. The largest absolute Gasteiger partial charge is 0.495 e. The van der Waals surface area contributed by atoms with Crippen LogP contribution in [0.1, 0.15) is 17.8 Å². The third-order valence-electron chi connectivity index (χ3n) is 6.82. The van der Waals surface area contributed by atoms with Crippen molar-refractivity contribution in [3.05, 3.63) is 64.2 Å². The monoisotopic (exact) mass is 475 g/mol. The van der Waals surface area contributed by atoms with Crippen LogP contribution < -0.4 is 15.2 Å². The second-order valence-electron chi connectivity index (χ2n) is 9.21. The second-order valence-corrected chi connectivity index (χ2v) is 9.21. The molecule has 2 aliphatic heterocycles. The van der Waals surface area contributed by atoms with E-state index in [0.29, 0.717) is 61.7 Å². The molecule has 0 bridgehead atoms. The fourth-order valence-corrected chi connectivity index (χ4v) is 4.92. The molecule has 3 heterocycles. The number of carbonyl (C=O) groups is 2. The topological polar surface area (TPSA) is 98.8 Å². The first kappa shape index (κ1) is 23.0. The number of fused-ring (bicyclic) bond motifs is 1. The number of benzene rings is 2. The number of carbonyl (C=O) groups excluding carboxylic acids is 2. The maximum Gasteiger partial charge on any atom is 0.258 e. The summed E-state index contributed by atoms with van der Waals surface area (Å²) in [6.45, 7) is 5.36. The number of aromatic nitrogens is 2. The van der Waals surface area contributed by atoms with E-state index in [1.54, 1.807) is 18.1 Å². The van der Waals surface area contributed by atoms with Crippen LogP contribution in [0.2, 0.25) is 0 Å². The minimum Gasteiger partial charge on any atom is -0.495 e. The van der Waals surface area contributed by atoms with E-state index < -0.39 is 0 Å². The van der Waals surface area contributed by atoms with Crippen LogP contribution in [-0.4, -0.2) is 71.4 Å². The van der Waals surface area contributed by atoms with Crippen molar-refractivity contribution in [1.29, 1.82) is 0 Å². The highest BCUT2D eigenvalue weighted by Crippen LogP contribution is 2.34. The number of ether oxygens (including phenoxy) is 1. The van der Waals surface area contributed by atoms with Gasteiger partial charge in [-0.25, -0.2) is 4.98 Å². The van der Waals surface area contributed by atoms with E-state index in [1.807, 2.05) is 48.2 Å². The summed E-state index contributed by atoms with van der Waals surface area (Å²) in [6.07, 6.45) is 0.207. The van der Waals surface area contributed by atoms with Crippen LogP contribution in [-0.2, 0) is 16.1 Å². The smallest absolute Gasteiger partial charge is 0.258 e. The van der Waals surface area contributed by atoms with Crippen LogP contribution in [0.5, 0.6) is 5.75 Å². The Morgan fingerprint density at radius 2 is 1.89 bits per heavy atom. The molecule has 0 aliphatic carbocycles. The van der Waals surface area contributed by atoms with Gasteiger partial charge in [-0.1, -0.05) is 18.2 Å². The van der Waals surface area contributed by atoms with Gasteiger partial charge in [0.2, 0.25) is 11.8 Å². The number of hydrogen-bond acceptors (Lipinski definition) is 6. The maximum absolute atomic E-state index is 13.2. The fourth-order valence-electron chi connectivity index (χ4n) is 4.92. The highest BCUT2D eigenvalue weighted by atomic mass is 16.5. The average molecular weight is 476 g/mol. The van der Waals surface area contributed by atoms with E-state index in [4.69, 9.17) is 4.74 Å². The molecule has 0 saturated carbocycles. The number of nitrogens with zero attached hydrogens (tertiary/aromatic N) is 4. The van der Waals surface area contributed by atoms with E-state index in [2.05, 4.69) is 14.9 Å². The van der Waals surface area contributed by atoms with Crippen LogP contribution in [0.25, 0.3) is 10.9 Å². The SMILES string of the molecule is COc1ccc(C)cc1N1C[C@@H](C(=O)N2CCN(Cc3nc4ccccc4c(=O)[nH]3)CC2)CC1=O. The number of aromatic amines is 1. The zero-order valence-electron chi connectivity index (χ0n) is 20.0. The third kappa shape index (κ3) is 4.64. The number of para-hydroxylation sites is 1. The van der Waals surface area contributed by atoms with Crippen LogP contribution in [0.15, 0.2) is 47.3 Å². The number of aryl methyl sites for hydroxylation is 1. The predicted octanol–water partition coefficient (Wildman–Crippen LogP) is 1.94. The van der Waals surface area contributed by atoms with Gasteiger partial charge >= 0.3 is 0 Å². The van der Waals surface area contributed by atoms with Gasteiger partial charge in [0.25, 0.3) is 5.56 Å². The molecule has 2 aromatic carbocycles. The van der Waals surface area contributed by atoms with Crippen molar-refractivity contribution < 1.29 is 14.3 Å². The summed E-state index contributed by atoms with van der Waals surface area (Å²) in [5, 5.41) is 0.579. The summed E-state index contributed by atoms with van der Waals surface area (Å²) in [5.74, 6) is 0.850. The maximum atomic E-state index is 13.2. The number of nitrogens with one attached hydrogen (secondary N) is 1. The Kier molecular flexibility index (Phi) is 6.25. The molecule has 0 spiro atoms. The number of H-pyrrole nitrogens is 1. The van der Waals surface area contributed by atoms with Gasteiger partial charge in [0.05, 0.1) is 36.2 Å². The van der Waals surface area contributed by atoms with E-state index in [0.717, 1.165) is 11.3 Å². The summed E-state index contributed by atoms with van der Waals surface area (Å²) in [5.41, 5.74) is 2.29. The molecular formula is C26H29N5O4. The molecule has 2 amide bonds. The quantitative estimate of drug-likeness (QED) is 0.606. The standard InChI is InChI=1S/C26H29N5O4/c1-17-7-8-22(35-2)21(13-17)31-15-18(14-24(31)32)26(34)30-11-9-29(10-12-30)16-23-27-20-6-4-3-5-19(20)25(33)28-23/h3-8,13,18H,9-12,14-16H2,1-2H3,(H,27,28,33)/t18-/m0/s1. The molecule has 5 rings (SSSR count). The summed E-state index contributed by atoms with van der Waals surface area (Å²) < 4.78 is 5.44. The zero-order chi connectivity index (χ0) is 24.5. The number of anilines is 1. The molecule has 182 valence electrons. The first-order valence-electron chi connectivity index (χ1n) is 11.9. The molecule has 1 N–H and O–H groups in total. The first-order valence-corrected chi connectivity index (χ1v) is 11.9. The van der Waals surface area contributed by atoms with Gasteiger partial charge in [-0.2, -0.15) is 0 Å². The van der Waals surface area contributed by atoms with Gasteiger partial charge in [-0.05, 0) is 36.8 Å². The predicted molar refractivity (Wildman–Crippen MR) is 132 cm³/mol. The summed E-state index contributed by atoms with van der Waals surface area (Å²) in [7, 11) is 1.58. The molecule has 2 aliphatic rings. The van der Waals surface area contributed by atoms with Crippen molar-refractivity contribution in [1.82, 2.24) is 19.8 Å². The van der Waals surface area contributed by atoms with Crippen molar-refractivity contribution in [3.8, 4) is 5.75 Å². The van der Waals surface area contributed by atoms with Crippen molar-refractivity contribution in [2.45, 2.75) is 19.9 Å². The van der Waals surface area contributed by atoms with Gasteiger partial charge in [0, 0.05) is 39.1 Å². The molecule has 2 fully saturated rings. The van der Waals surface area contributed by atoms with Crippen LogP contribution in [0.3, 0.4) is 0 Å². The Morgan fingerprint density at radius 1 is 1.11 bits per heavy atom. The molecule has 0 unspecified atom stereocenters. The Morgan fingerprint density at radius 3 is 2.66 bits per heavy atom. The lowest BCUT2D eigenvalue weighted by molar-refractivity contribution is -0.137. The number of methoxy groups -OCH3 is 1. The molecule has 9 nitrogen and oxygen atoms in total. The summed E-state index contributed by atoms with van der Waals surface area (Å²) in [6, 6.07) is 13.0. The lowest BCUT2D eigenvalue weighted by Crippen LogP contribution is -2.50. The van der Waals surface area contributed by atoms with Crippen LogP contribution in [0, 0.1) is 12.8 Å². The molecule has 35 heavy (non-hydrogen) atoms. The van der Waals surface area contributed by atoms with E-state index in [1.165, 1.54) is 0 Å². The Labute approximate surface area is 203 Å². The van der Waals surface area contributed by atoms with E-state index in [-0.39, 0.29) is 29.7 Å². The number of piperazine rings is 1. The van der Waals surface area contributed by atoms with Crippen molar-refractivity contribution in [3.63, 3.8) is 0 Å². The first-order chi connectivity index (χ1) is 16.9. The van der Waals surface area contributed by atoms with Crippen molar-refractivity contribution >= 4 is 28.4 Å². The zero-order valence-corrected chi connectivity index (χ0v) is 20.0. The minimum absolute atomic E-state index is 0.0179. The molecule has 3 aromatic rings. The van der Waals surface area contributed by atoms with Gasteiger partial charge in [0.1, 0.15) is 11.6 Å². The summed E-state index contributed by atoms with van der Waals surface area (Å²) >= 11 is 0. The van der Waals surface area contributed by atoms with Gasteiger partial charge in [-0.3, -0.25) is 19.3 Å². The van der Waals surface area contributed by atoms with Gasteiger partial charge < -0.3 is 19.5 Å². The van der Waals surface area contributed by atoms with Crippen molar-refractivity contribution in [2.75, 3.05) is 44.7 Å². The van der Waals surface area contributed by atoms with Crippen LogP contribution >= 0.6 is 0 Å². The molecule has 9 heteroatoms. The fraction of sp³-hybridized carbons (Fsp3) is 0.385. The van der Waals surface area contributed by atoms with Gasteiger partial charge in [-0.15, -0.1) is 0 Å². The highest BCUT2D eigenvalue weighted by Gasteiger charge is 2.38. The molecule has 1 aromatic heterocycles. The van der Waals surface area contributed by atoms with E-state index >= 15 is 0 Å². The van der Waals surface area contributed by atoms with E-state index in [9.17, 15) is 14.4 Å². The van der Waals surface area contributed by atoms with Crippen molar-refractivity contribution in [2.24, 2.45) is 5.92 Å². The number of hydrogen-bond donors (Lipinski definition) is 1. The van der Waals surface area contributed by atoms with Gasteiger partial charge in [0.15, 0.2) is 0 Å². The molecule has 1 atom stereocenters. The normalized spacial score (nSPS) is 18.9. The third-order valence-corrected chi connectivity index (χ3v) is 6.82. The molecule has 0 radical (unpaired) electrons. The average Bonchev–Trinajstić information content (AvgIpc) is 3.25. The Hall–Kier alpha value is -3.72. The molecular weight excluding hydrogens is 446 g/mol. The highest BCUT2D eigenvalue weighted by molar-refractivity contribution is 6.01. The lowest BCUT2D eigenvalue weighted by Gasteiger charge is -2.35. The lowest BCUT2D eigenvalue weighted by atomic mass is 10.1. The minimum atomic E-state index is -0.363. The second kappa shape index (κ2) is 9.50. The number of amides is 2. The summed E-state index contributed by atoms with van der Waals surface area (Å²) in [4.78, 5) is 51.5.